The molecular formula is C13H10ClFN2O2. The van der Waals surface area contributed by atoms with Crippen molar-refractivity contribution in [2.24, 2.45) is 0 Å². The third kappa shape index (κ3) is 3.42. The van der Waals surface area contributed by atoms with Gasteiger partial charge in [-0.2, -0.15) is 0 Å². The van der Waals surface area contributed by atoms with Crippen molar-refractivity contribution in [3.63, 3.8) is 0 Å². The predicted molar refractivity (Wildman–Crippen MR) is 70.7 cm³/mol. The van der Waals surface area contributed by atoms with Gasteiger partial charge in [0.1, 0.15) is 12.4 Å². The zero-order valence-corrected chi connectivity index (χ0v) is 10.5. The van der Waals surface area contributed by atoms with Gasteiger partial charge in [0.2, 0.25) is 5.91 Å². The zero-order chi connectivity index (χ0) is 13.8. The summed E-state index contributed by atoms with van der Waals surface area (Å²) in [5, 5.41) is 2.73. The number of pyridine rings is 1. The second-order valence-corrected chi connectivity index (χ2v) is 4.28. The van der Waals surface area contributed by atoms with Crippen molar-refractivity contribution in [3.8, 4) is 0 Å². The molecule has 0 fully saturated rings. The SMILES string of the molecule is O=C(Cn1cc(Cl)ccc1=O)Nc1ccccc1F. The molecule has 0 aliphatic carbocycles. The third-order valence-corrected chi connectivity index (χ3v) is 2.63. The number of anilines is 1. The molecule has 1 aromatic heterocycles. The van der Waals surface area contributed by atoms with Crippen molar-refractivity contribution >= 4 is 23.2 Å². The number of hydrogen-bond donors (Lipinski definition) is 1. The number of nitrogens with one attached hydrogen (secondary N) is 1. The molecule has 1 amide bonds. The van der Waals surface area contributed by atoms with Gasteiger partial charge in [0.05, 0.1) is 10.7 Å². The van der Waals surface area contributed by atoms with Crippen LogP contribution in [0, 0.1) is 5.82 Å². The molecule has 1 aromatic carbocycles. The average molecular weight is 281 g/mol. The number of para-hydroxylation sites is 1. The maximum absolute atomic E-state index is 13.3. The quantitative estimate of drug-likeness (QED) is 0.938. The number of carbonyl (C=O) groups excluding carboxylic acids is 1. The van der Waals surface area contributed by atoms with Gasteiger partial charge in [-0.15, -0.1) is 0 Å². The number of rotatable bonds is 3. The van der Waals surface area contributed by atoms with Crippen LogP contribution >= 0.6 is 11.6 Å². The first-order valence-electron chi connectivity index (χ1n) is 5.46. The molecule has 0 aliphatic rings. The minimum atomic E-state index is -0.533. The van der Waals surface area contributed by atoms with Crippen LogP contribution < -0.4 is 10.9 Å². The minimum absolute atomic E-state index is 0.0718. The van der Waals surface area contributed by atoms with Gasteiger partial charge in [-0.3, -0.25) is 9.59 Å². The summed E-state index contributed by atoms with van der Waals surface area (Å²) in [6, 6.07) is 8.50. The van der Waals surface area contributed by atoms with Crippen LogP contribution in [0.2, 0.25) is 5.02 Å². The Morgan fingerprint density at radius 2 is 2.00 bits per heavy atom. The number of benzene rings is 1. The van der Waals surface area contributed by atoms with Gasteiger partial charge in [-0.1, -0.05) is 23.7 Å². The molecule has 0 spiro atoms. The Balaban J connectivity index is 2.12. The van der Waals surface area contributed by atoms with Gasteiger partial charge in [-0.05, 0) is 18.2 Å². The summed E-state index contributed by atoms with van der Waals surface area (Å²) in [5.41, 5.74) is -0.282. The second kappa shape index (κ2) is 5.67. The lowest BCUT2D eigenvalue weighted by Crippen LogP contribution is -2.26. The summed E-state index contributed by atoms with van der Waals surface area (Å²) in [7, 11) is 0. The first-order chi connectivity index (χ1) is 9.06. The molecule has 0 saturated heterocycles. The van der Waals surface area contributed by atoms with E-state index in [1.807, 2.05) is 0 Å². The summed E-state index contributed by atoms with van der Waals surface area (Å²) in [5.74, 6) is -1.04. The van der Waals surface area contributed by atoms with Crippen LogP contribution in [0.4, 0.5) is 10.1 Å². The first kappa shape index (κ1) is 13.3. The number of nitrogens with zero attached hydrogens (tertiary/aromatic N) is 1. The smallest absolute Gasteiger partial charge is 0.251 e. The molecule has 0 unspecified atom stereocenters. The van der Waals surface area contributed by atoms with Crippen LogP contribution in [0.3, 0.4) is 0 Å². The Kier molecular flexibility index (Phi) is 3.97. The van der Waals surface area contributed by atoms with Crippen LogP contribution in [0.1, 0.15) is 0 Å². The highest BCUT2D eigenvalue weighted by molar-refractivity contribution is 6.30. The van der Waals surface area contributed by atoms with Crippen LogP contribution in [0.5, 0.6) is 0 Å². The maximum Gasteiger partial charge on any atom is 0.251 e. The summed E-state index contributed by atoms with van der Waals surface area (Å²) in [4.78, 5) is 23.2. The number of hydrogen-bond acceptors (Lipinski definition) is 2. The van der Waals surface area contributed by atoms with E-state index in [0.29, 0.717) is 5.02 Å². The fraction of sp³-hybridized carbons (Fsp3) is 0.0769. The van der Waals surface area contributed by atoms with E-state index in [2.05, 4.69) is 5.32 Å². The van der Waals surface area contributed by atoms with Crippen molar-refractivity contribution in [1.29, 1.82) is 0 Å². The standard InChI is InChI=1S/C13H10ClFN2O2/c14-9-5-6-13(19)17(7-9)8-12(18)16-11-4-2-1-3-10(11)15/h1-7H,8H2,(H,16,18). The average Bonchev–Trinajstić information content (AvgIpc) is 2.37. The first-order valence-corrected chi connectivity index (χ1v) is 5.84. The molecule has 0 bridgehead atoms. The Morgan fingerprint density at radius 1 is 1.26 bits per heavy atom. The van der Waals surface area contributed by atoms with E-state index >= 15 is 0 Å². The molecule has 1 N–H and O–H groups in total. The van der Waals surface area contributed by atoms with Crippen LogP contribution in [0.15, 0.2) is 47.4 Å². The number of carbonyl (C=O) groups is 1. The van der Waals surface area contributed by atoms with E-state index in [9.17, 15) is 14.0 Å². The fourth-order valence-corrected chi connectivity index (χ4v) is 1.71. The predicted octanol–water partition coefficient (Wildman–Crippen LogP) is 2.28. The second-order valence-electron chi connectivity index (χ2n) is 3.84. The van der Waals surface area contributed by atoms with Crippen molar-refractivity contribution < 1.29 is 9.18 Å². The maximum atomic E-state index is 13.3. The Labute approximate surface area is 113 Å². The van der Waals surface area contributed by atoms with Gasteiger partial charge in [0.15, 0.2) is 0 Å². The summed E-state index contributed by atoms with van der Waals surface area (Å²) in [6.45, 7) is -0.228. The van der Waals surface area contributed by atoms with E-state index in [1.54, 1.807) is 6.07 Å². The lowest BCUT2D eigenvalue weighted by Gasteiger charge is -2.08. The van der Waals surface area contributed by atoms with E-state index in [1.165, 1.54) is 36.5 Å². The Bertz CT molecular complexity index is 670. The Hall–Kier alpha value is -2.14. The molecular weight excluding hydrogens is 271 g/mol. The van der Waals surface area contributed by atoms with Gasteiger partial charge in [-0.25, -0.2) is 4.39 Å². The van der Waals surface area contributed by atoms with Crippen LogP contribution in [-0.2, 0) is 11.3 Å². The van der Waals surface area contributed by atoms with E-state index < -0.39 is 11.7 Å². The fourth-order valence-electron chi connectivity index (χ4n) is 1.53. The molecule has 98 valence electrons. The third-order valence-electron chi connectivity index (χ3n) is 2.41. The van der Waals surface area contributed by atoms with Crippen molar-refractivity contribution in [2.75, 3.05) is 5.32 Å². The van der Waals surface area contributed by atoms with E-state index in [-0.39, 0.29) is 17.8 Å². The molecule has 0 saturated carbocycles. The van der Waals surface area contributed by atoms with E-state index in [0.717, 1.165) is 4.57 Å². The molecule has 0 atom stereocenters. The van der Waals surface area contributed by atoms with Crippen LogP contribution in [0.25, 0.3) is 0 Å². The van der Waals surface area contributed by atoms with Gasteiger partial charge in [0.25, 0.3) is 5.56 Å². The highest BCUT2D eigenvalue weighted by Gasteiger charge is 2.08. The highest BCUT2D eigenvalue weighted by atomic mass is 35.5. The Morgan fingerprint density at radius 3 is 2.74 bits per heavy atom. The molecule has 2 aromatic rings. The zero-order valence-electron chi connectivity index (χ0n) is 9.77. The molecule has 4 nitrogen and oxygen atoms in total. The number of halogens is 2. The molecule has 6 heteroatoms. The van der Waals surface area contributed by atoms with Crippen LogP contribution in [-0.4, -0.2) is 10.5 Å². The molecule has 0 aliphatic heterocycles. The largest absolute Gasteiger partial charge is 0.322 e. The lowest BCUT2D eigenvalue weighted by atomic mass is 10.3. The molecule has 0 radical (unpaired) electrons. The number of amides is 1. The van der Waals surface area contributed by atoms with E-state index in [4.69, 9.17) is 11.6 Å². The highest BCUT2D eigenvalue weighted by Crippen LogP contribution is 2.12. The molecule has 19 heavy (non-hydrogen) atoms. The summed E-state index contributed by atoms with van der Waals surface area (Å²) < 4.78 is 14.5. The van der Waals surface area contributed by atoms with Crippen molar-refractivity contribution in [3.05, 3.63) is 63.8 Å². The normalized spacial score (nSPS) is 10.2. The monoisotopic (exact) mass is 280 g/mol. The lowest BCUT2D eigenvalue weighted by molar-refractivity contribution is -0.116. The van der Waals surface area contributed by atoms with Gasteiger partial charge >= 0.3 is 0 Å². The number of aromatic nitrogens is 1. The summed E-state index contributed by atoms with van der Waals surface area (Å²) in [6.07, 6.45) is 1.35. The van der Waals surface area contributed by atoms with Crippen molar-refractivity contribution in [1.82, 2.24) is 4.57 Å². The minimum Gasteiger partial charge on any atom is -0.322 e. The topological polar surface area (TPSA) is 51.1 Å². The van der Waals surface area contributed by atoms with Crippen molar-refractivity contribution in [2.45, 2.75) is 6.54 Å². The molecule has 2 rings (SSSR count). The van der Waals surface area contributed by atoms with Gasteiger partial charge in [0, 0.05) is 12.3 Å². The van der Waals surface area contributed by atoms with Gasteiger partial charge < -0.3 is 9.88 Å². The molecule has 1 heterocycles. The summed E-state index contributed by atoms with van der Waals surface area (Å²) >= 11 is 5.73.